The number of hydrogen-bond donors (Lipinski definition) is 3. The van der Waals surface area contributed by atoms with Gasteiger partial charge < -0.3 is 15.3 Å². The second kappa shape index (κ2) is 4.21. The Hall–Kier alpha value is -1.43. The molecule has 0 bridgehead atoms. The minimum absolute atomic E-state index is 0.245. The minimum atomic E-state index is -4.63. The predicted octanol–water partition coefficient (Wildman–Crippen LogP) is 2.21. The third kappa shape index (κ3) is 2.38. The Morgan fingerprint density at radius 3 is 2.12 bits per heavy atom. The Morgan fingerprint density at radius 2 is 1.69 bits per heavy atom. The third-order valence-corrected chi connectivity index (χ3v) is 2.26. The van der Waals surface area contributed by atoms with Crippen LogP contribution in [-0.4, -0.2) is 21.9 Å². The van der Waals surface area contributed by atoms with Crippen LogP contribution >= 0.6 is 0 Å². The Kier molecular flexibility index (Phi) is 3.32. The smallest absolute Gasteiger partial charge is 0.416 e. The van der Waals surface area contributed by atoms with Crippen molar-refractivity contribution in [1.82, 2.24) is 0 Å². The minimum Gasteiger partial charge on any atom is -0.504 e. The first-order chi connectivity index (χ1) is 7.27. The van der Waals surface area contributed by atoms with Crippen molar-refractivity contribution in [3.05, 3.63) is 23.3 Å². The van der Waals surface area contributed by atoms with Crippen LogP contribution in [0.15, 0.2) is 12.1 Å². The van der Waals surface area contributed by atoms with E-state index < -0.39 is 35.8 Å². The molecule has 16 heavy (non-hydrogen) atoms. The maximum atomic E-state index is 12.6. The number of hydrogen-bond acceptors (Lipinski definition) is 3. The Bertz CT molecular complexity index is 388. The molecule has 0 aliphatic carbocycles. The molecule has 0 spiro atoms. The zero-order valence-corrected chi connectivity index (χ0v) is 8.41. The summed E-state index contributed by atoms with van der Waals surface area (Å²) < 4.78 is 37.7. The molecule has 1 rings (SSSR count). The van der Waals surface area contributed by atoms with E-state index in [4.69, 9.17) is 15.3 Å². The predicted molar refractivity (Wildman–Crippen MR) is 50.3 cm³/mol. The molecule has 0 amide bonds. The molecule has 0 saturated heterocycles. The zero-order chi connectivity index (χ0) is 12.5. The van der Waals surface area contributed by atoms with Crippen LogP contribution in [0.2, 0.25) is 0 Å². The molecular formula is C10H11F3O3. The van der Waals surface area contributed by atoms with Crippen molar-refractivity contribution in [3.63, 3.8) is 0 Å². The molecule has 6 heteroatoms. The number of aliphatic hydroxyl groups excluding tert-OH is 1. The van der Waals surface area contributed by atoms with E-state index in [1.165, 1.54) is 6.92 Å². The highest BCUT2D eigenvalue weighted by molar-refractivity contribution is 5.47. The molecule has 3 N–H and O–H groups in total. The Balaban J connectivity index is 3.39. The van der Waals surface area contributed by atoms with E-state index in [-0.39, 0.29) is 5.56 Å². The molecule has 0 aliphatic heterocycles. The summed E-state index contributed by atoms with van der Waals surface area (Å²) in [5, 5.41) is 27.0. The lowest BCUT2D eigenvalue weighted by Gasteiger charge is -2.17. The summed E-state index contributed by atoms with van der Waals surface area (Å²) in [5.74, 6) is -2.24. The Morgan fingerprint density at radius 1 is 1.19 bits per heavy atom. The zero-order valence-electron chi connectivity index (χ0n) is 8.41. The first kappa shape index (κ1) is 12.6. The van der Waals surface area contributed by atoms with Crippen molar-refractivity contribution in [2.24, 2.45) is 0 Å². The van der Waals surface area contributed by atoms with Gasteiger partial charge >= 0.3 is 6.18 Å². The van der Waals surface area contributed by atoms with E-state index in [1.54, 1.807) is 0 Å². The number of phenols is 2. The van der Waals surface area contributed by atoms with Crippen molar-refractivity contribution in [2.75, 3.05) is 6.61 Å². The van der Waals surface area contributed by atoms with Gasteiger partial charge in [-0.2, -0.15) is 13.2 Å². The van der Waals surface area contributed by atoms with Crippen LogP contribution in [0.1, 0.15) is 24.0 Å². The van der Waals surface area contributed by atoms with E-state index in [1.807, 2.05) is 0 Å². The van der Waals surface area contributed by atoms with Crippen molar-refractivity contribution in [2.45, 2.75) is 19.0 Å². The SMILES string of the molecule is CC(CO)c1cc(O)c(O)cc1C(F)(F)F. The van der Waals surface area contributed by atoms with Gasteiger partial charge in [0.15, 0.2) is 11.5 Å². The molecule has 1 aromatic rings. The number of phenolic OH excluding ortho intramolecular Hbond substituents is 2. The average molecular weight is 236 g/mol. The lowest BCUT2D eigenvalue weighted by Crippen LogP contribution is -2.12. The maximum Gasteiger partial charge on any atom is 0.416 e. The van der Waals surface area contributed by atoms with Crippen LogP contribution in [0, 0.1) is 0 Å². The summed E-state index contributed by atoms with van der Waals surface area (Å²) in [6, 6.07) is 1.27. The maximum absolute atomic E-state index is 12.6. The van der Waals surface area contributed by atoms with Gasteiger partial charge in [-0.15, -0.1) is 0 Å². The molecule has 1 aromatic carbocycles. The lowest BCUT2D eigenvalue weighted by atomic mass is 9.95. The molecule has 1 atom stereocenters. The number of halogens is 3. The fourth-order valence-corrected chi connectivity index (χ4v) is 1.34. The van der Waals surface area contributed by atoms with Gasteiger partial charge in [-0.3, -0.25) is 0 Å². The number of rotatable bonds is 2. The highest BCUT2D eigenvalue weighted by Crippen LogP contribution is 2.40. The number of aliphatic hydroxyl groups is 1. The van der Waals surface area contributed by atoms with Crippen LogP contribution < -0.4 is 0 Å². The number of alkyl halides is 3. The molecule has 0 heterocycles. The van der Waals surface area contributed by atoms with Crippen LogP contribution in [0.4, 0.5) is 13.2 Å². The van der Waals surface area contributed by atoms with Gasteiger partial charge in [-0.1, -0.05) is 6.92 Å². The summed E-state index contributed by atoms with van der Waals surface area (Å²) >= 11 is 0. The van der Waals surface area contributed by atoms with E-state index in [0.29, 0.717) is 6.07 Å². The van der Waals surface area contributed by atoms with Gasteiger partial charge in [-0.05, 0) is 17.7 Å². The molecule has 3 nitrogen and oxygen atoms in total. The molecule has 90 valence electrons. The van der Waals surface area contributed by atoms with Crippen LogP contribution in [0.3, 0.4) is 0 Å². The van der Waals surface area contributed by atoms with Crippen molar-refractivity contribution < 1.29 is 28.5 Å². The Labute approximate surface area is 89.8 Å². The topological polar surface area (TPSA) is 60.7 Å². The molecule has 0 radical (unpaired) electrons. The highest BCUT2D eigenvalue weighted by Gasteiger charge is 2.35. The average Bonchev–Trinajstić information content (AvgIpc) is 2.18. The van der Waals surface area contributed by atoms with Crippen molar-refractivity contribution in [1.29, 1.82) is 0 Å². The van der Waals surface area contributed by atoms with Gasteiger partial charge in [0.1, 0.15) is 0 Å². The number of benzene rings is 1. The quantitative estimate of drug-likeness (QED) is 0.690. The second-order valence-electron chi connectivity index (χ2n) is 3.51. The standard InChI is InChI=1S/C10H11F3O3/c1-5(4-14)6-2-8(15)9(16)3-7(6)10(11,12)13/h2-3,5,14-16H,4H2,1H3. The lowest BCUT2D eigenvalue weighted by molar-refractivity contribution is -0.138. The first-order valence-electron chi connectivity index (χ1n) is 4.51. The normalized spacial score (nSPS) is 13.8. The van der Waals surface area contributed by atoms with Crippen LogP contribution in [0.25, 0.3) is 0 Å². The van der Waals surface area contributed by atoms with E-state index >= 15 is 0 Å². The van der Waals surface area contributed by atoms with Gasteiger partial charge in [-0.25, -0.2) is 0 Å². The summed E-state index contributed by atoms with van der Waals surface area (Å²) in [6.45, 7) is 0.911. The fraction of sp³-hybridized carbons (Fsp3) is 0.400. The third-order valence-electron chi connectivity index (χ3n) is 2.26. The first-order valence-corrected chi connectivity index (χ1v) is 4.51. The molecule has 0 aliphatic rings. The summed E-state index contributed by atoms with van der Waals surface area (Å²) in [4.78, 5) is 0. The summed E-state index contributed by atoms with van der Waals surface area (Å²) in [7, 11) is 0. The molecule has 1 unspecified atom stereocenters. The number of aromatic hydroxyl groups is 2. The van der Waals surface area contributed by atoms with E-state index in [9.17, 15) is 13.2 Å². The van der Waals surface area contributed by atoms with E-state index in [2.05, 4.69) is 0 Å². The largest absolute Gasteiger partial charge is 0.504 e. The van der Waals surface area contributed by atoms with Gasteiger partial charge in [0, 0.05) is 12.5 Å². The molecule has 0 fully saturated rings. The monoisotopic (exact) mass is 236 g/mol. The van der Waals surface area contributed by atoms with Crippen LogP contribution in [-0.2, 0) is 6.18 Å². The summed E-state index contributed by atoms with van der Waals surface area (Å²) in [6.07, 6.45) is -4.63. The van der Waals surface area contributed by atoms with E-state index in [0.717, 1.165) is 6.07 Å². The molecule has 0 saturated carbocycles. The highest BCUT2D eigenvalue weighted by atomic mass is 19.4. The van der Waals surface area contributed by atoms with Gasteiger partial charge in [0.25, 0.3) is 0 Å². The summed E-state index contributed by atoms with van der Waals surface area (Å²) in [5.41, 5.74) is -1.30. The molecular weight excluding hydrogens is 225 g/mol. The fourth-order valence-electron chi connectivity index (χ4n) is 1.34. The van der Waals surface area contributed by atoms with Crippen molar-refractivity contribution >= 4 is 0 Å². The van der Waals surface area contributed by atoms with Crippen molar-refractivity contribution in [3.8, 4) is 11.5 Å². The second-order valence-corrected chi connectivity index (χ2v) is 3.51. The van der Waals surface area contributed by atoms with Gasteiger partial charge in [0.05, 0.1) is 5.56 Å². The molecule has 0 aromatic heterocycles. The van der Waals surface area contributed by atoms with Crippen LogP contribution in [0.5, 0.6) is 11.5 Å². The van der Waals surface area contributed by atoms with Gasteiger partial charge in [0.2, 0.25) is 0 Å².